The molecular formula is C12H14BrN3O2. The van der Waals surface area contributed by atoms with Crippen LogP contribution in [0.25, 0.3) is 5.69 Å². The Hall–Kier alpha value is -1.40. The number of aromatic nitrogens is 3. The number of benzene rings is 1. The van der Waals surface area contributed by atoms with Gasteiger partial charge in [0.2, 0.25) is 0 Å². The van der Waals surface area contributed by atoms with Crippen LogP contribution in [0.3, 0.4) is 0 Å². The second-order valence-electron chi connectivity index (χ2n) is 3.80. The molecule has 0 aliphatic carbocycles. The van der Waals surface area contributed by atoms with Gasteiger partial charge in [0.15, 0.2) is 0 Å². The molecule has 0 amide bonds. The van der Waals surface area contributed by atoms with Gasteiger partial charge in [-0.3, -0.25) is 0 Å². The highest BCUT2D eigenvalue weighted by atomic mass is 79.9. The quantitative estimate of drug-likeness (QED) is 0.917. The van der Waals surface area contributed by atoms with Crippen molar-refractivity contribution in [3.8, 4) is 11.4 Å². The van der Waals surface area contributed by atoms with Crippen molar-refractivity contribution in [3.05, 3.63) is 34.6 Å². The average Bonchev–Trinajstić information content (AvgIpc) is 2.85. The number of hydrogen-bond acceptors (Lipinski definition) is 4. The van der Waals surface area contributed by atoms with Crippen LogP contribution in [0.4, 0.5) is 0 Å². The van der Waals surface area contributed by atoms with Crippen molar-refractivity contribution >= 4 is 15.9 Å². The largest absolute Gasteiger partial charge is 0.495 e. The first-order chi connectivity index (χ1) is 8.74. The number of nitrogens with zero attached hydrogens (tertiary/aromatic N) is 3. The topological polar surface area (TPSA) is 60.2 Å². The number of aliphatic hydroxyl groups excluding tert-OH is 1. The number of halogens is 1. The summed E-state index contributed by atoms with van der Waals surface area (Å²) in [6.07, 6.45) is 3.28. The highest BCUT2D eigenvalue weighted by molar-refractivity contribution is 9.10. The third-order valence-electron chi connectivity index (χ3n) is 2.53. The van der Waals surface area contributed by atoms with Crippen LogP contribution in [-0.4, -0.2) is 33.8 Å². The Kier molecular flexibility index (Phi) is 4.33. The van der Waals surface area contributed by atoms with E-state index < -0.39 is 0 Å². The van der Waals surface area contributed by atoms with Gasteiger partial charge in [0.1, 0.15) is 5.75 Å². The fraction of sp³-hybridized carbons (Fsp3) is 0.333. The molecule has 0 unspecified atom stereocenters. The monoisotopic (exact) mass is 311 g/mol. The summed E-state index contributed by atoms with van der Waals surface area (Å²) in [4.78, 5) is 0. The normalized spacial score (nSPS) is 10.6. The maximum atomic E-state index is 8.77. The van der Waals surface area contributed by atoms with Gasteiger partial charge in [0.05, 0.1) is 29.2 Å². The lowest BCUT2D eigenvalue weighted by Gasteiger charge is -2.05. The van der Waals surface area contributed by atoms with E-state index in [2.05, 4.69) is 26.2 Å². The van der Waals surface area contributed by atoms with Gasteiger partial charge in [0, 0.05) is 12.7 Å². The molecule has 6 heteroatoms. The zero-order valence-corrected chi connectivity index (χ0v) is 11.6. The van der Waals surface area contributed by atoms with Crippen molar-refractivity contribution < 1.29 is 9.84 Å². The molecule has 5 nitrogen and oxygen atoms in total. The Morgan fingerprint density at radius 2 is 2.28 bits per heavy atom. The molecule has 0 spiro atoms. The van der Waals surface area contributed by atoms with Gasteiger partial charge in [-0.1, -0.05) is 5.21 Å². The minimum Gasteiger partial charge on any atom is -0.495 e. The molecule has 0 bridgehead atoms. The first-order valence-corrected chi connectivity index (χ1v) is 6.40. The highest BCUT2D eigenvalue weighted by Gasteiger charge is 2.06. The van der Waals surface area contributed by atoms with Gasteiger partial charge in [-0.25, -0.2) is 4.68 Å². The number of methoxy groups -OCH3 is 1. The smallest absolute Gasteiger partial charge is 0.135 e. The lowest BCUT2D eigenvalue weighted by molar-refractivity contribution is 0.288. The first-order valence-electron chi connectivity index (χ1n) is 5.60. The molecule has 0 aliphatic heterocycles. The van der Waals surface area contributed by atoms with E-state index in [1.807, 2.05) is 24.4 Å². The molecule has 1 heterocycles. The van der Waals surface area contributed by atoms with Crippen LogP contribution >= 0.6 is 15.9 Å². The third kappa shape index (κ3) is 2.88. The summed E-state index contributed by atoms with van der Waals surface area (Å²) in [6.45, 7) is 0.166. The molecule has 1 aromatic carbocycles. The van der Waals surface area contributed by atoms with E-state index >= 15 is 0 Å². The van der Waals surface area contributed by atoms with Gasteiger partial charge < -0.3 is 9.84 Å². The van der Waals surface area contributed by atoms with E-state index in [0.29, 0.717) is 6.42 Å². The van der Waals surface area contributed by atoms with E-state index in [-0.39, 0.29) is 6.61 Å². The Bertz CT molecular complexity index is 528. The highest BCUT2D eigenvalue weighted by Crippen LogP contribution is 2.26. The fourth-order valence-electron chi connectivity index (χ4n) is 1.59. The van der Waals surface area contributed by atoms with Crippen LogP contribution in [0.2, 0.25) is 0 Å². The molecule has 0 saturated heterocycles. The lowest BCUT2D eigenvalue weighted by atomic mass is 10.2. The SMILES string of the molecule is COc1cc(-n2cc(CCCO)nn2)ccc1Br. The molecule has 96 valence electrons. The molecule has 0 fully saturated rings. The van der Waals surface area contributed by atoms with Crippen LogP contribution in [0, 0.1) is 0 Å². The first kappa shape index (κ1) is 13.0. The lowest BCUT2D eigenvalue weighted by Crippen LogP contribution is -1.96. The van der Waals surface area contributed by atoms with Crippen LogP contribution in [0.15, 0.2) is 28.9 Å². The van der Waals surface area contributed by atoms with Crippen molar-refractivity contribution in [2.75, 3.05) is 13.7 Å². The summed E-state index contributed by atoms with van der Waals surface area (Å²) in [7, 11) is 1.62. The van der Waals surface area contributed by atoms with Gasteiger partial charge in [-0.2, -0.15) is 0 Å². The Morgan fingerprint density at radius 1 is 1.44 bits per heavy atom. The molecule has 18 heavy (non-hydrogen) atoms. The standard InChI is InChI=1S/C12H14BrN3O2/c1-18-12-7-10(4-5-11(12)13)16-8-9(14-15-16)3-2-6-17/h4-5,7-8,17H,2-3,6H2,1H3. The molecular weight excluding hydrogens is 298 g/mol. The summed E-state index contributed by atoms with van der Waals surface area (Å²) < 4.78 is 7.83. The fourth-order valence-corrected chi connectivity index (χ4v) is 2.00. The van der Waals surface area contributed by atoms with Crippen molar-refractivity contribution in [2.24, 2.45) is 0 Å². The predicted octanol–water partition coefficient (Wildman–Crippen LogP) is 1.96. The van der Waals surface area contributed by atoms with E-state index in [1.54, 1.807) is 11.8 Å². The van der Waals surface area contributed by atoms with Crippen molar-refractivity contribution in [2.45, 2.75) is 12.8 Å². The van der Waals surface area contributed by atoms with Gasteiger partial charge >= 0.3 is 0 Å². The maximum Gasteiger partial charge on any atom is 0.135 e. The molecule has 1 aromatic heterocycles. The number of rotatable bonds is 5. The number of aryl methyl sites for hydroxylation is 1. The van der Waals surface area contributed by atoms with Gasteiger partial charge in [-0.05, 0) is 40.9 Å². The minimum absolute atomic E-state index is 0.166. The van der Waals surface area contributed by atoms with Crippen molar-refractivity contribution in [3.63, 3.8) is 0 Å². The van der Waals surface area contributed by atoms with Crippen molar-refractivity contribution in [1.29, 1.82) is 0 Å². The molecule has 0 atom stereocenters. The summed E-state index contributed by atoms with van der Waals surface area (Å²) in [5.74, 6) is 0.750. The van der Waals surface area contributed by atoms with E-state index in [9.17, 15) is 0 Å². The Morgan fingerprint density at radius 3 is 3.00 bits per heavy atom. The van der Waals surface area contributed by atoms with E-state index in [0.717, 1.165) is 28.0 Å². The molecule has 2 rings (SSSR count). The van der Waals surface area contributed by atoms with Gasteiger partial charge in [-0.15, -0.1) is 5.10 Å². The summed E-state index contributed by atoms with van der Waals surface area (Å²) >= 11 is 3.40. The second-order valence-corrected chi connectivity index (χ2v) is 4.65. The van der Waals surface area contributed by atoms with Gasteiger partial charge in [0.25, 0.3) is 0 Å². The summed E-state index contributed by atoms with van der Waals surface area (Å²) in [5, 5.41) is 16.9. The summed E-state index contributed by atoms with van der Waals surface area (Å²) in [5.41, 5.74) is 1.75. The average molecular weight is 312 g/mol. The number of ether oxygens (including phenoxy) is 1. The molecule has 0 radical (unpaired) electrons. The van der Waals surface area contributed by atoms with E-state index in [4.69, 9.17) is 9.84 Å². The van der Waals surface area contributed by atoms with Crippen molar-refractivity contribution in [1.82, 2.24) is 15.0 Å². The second kappa shape index (κ2) is 5.97. The Labute approximate surface area is 114 Å². The summed E-state index contributed by atoms with van der Waals surface area (Å²) in [6, 6.07) is 5.72. The number of aliphatic hydroxyl groups is 1. The Balaban J connectivity index is 2.23. The zero-order valence-electron chi connectivity index (χ0n) is 10.0. The van der Waals surface area contributed by atoms with E-state index in [1.165, 1.54) is 0 Å². The van der Waals surface area contributed by atoms with Crippen LogP contribution in [-0.2, 0) is 6.42 Å². The van der Waals surface area contributed by atoms with Crippen LogP contribution in [0.1, 0.15) is 12.1 Å². The molecule has 2 aromatic rings. The third-order valence-corrected chi connectivity index (χ3v) is 3.19. The zero-order chi connectivity index (χ0) is 13.0. The maximum absolute atomic E-state index is 8.77. The van der Waals surface area contributed by atoms with Crippen LogP contribution < -0.4 is 4.74 Å². The van der Waals surface area contributed by atoms with Crippen LogP contribution in [0.5, 0.6) is 5.75 Å². The molecule has 0 aliphatic rings. The number of hydrogen-bond donors (Lipinski definition) is 1. The molecule has 1 N–H and O–H groups in total. The molecule has 0 saturated carbocycles. The minimum atomic E-state index is 0.166. The predicted molar refractivity (Wildman–Crippen MR) is 71.0 cm³/mol.